The average Bonchev–Trinajstić information content (AvgIpc) is 2.27. The quantitative estimate of drug-likeness (QED) is 0.760. The van der Waals surface area contributed by atoms with Crippen LogP contribution in [0.2, 0.25) is 0 Å². The zero-order valence-electron chi connectivity index (χ0n) is 10.6. The van der Waals surface area contributed by atoms with Gasteiger partial charge in [-0.25, -0.2) is 0 Å². The first-order valence-electron chi connectivity index (χ1n) is 6.61. The maximum atomic E-state index is 12.5. The molecule has 2 rings (SSSR count). The van der Waals surface area contributed by atoms with E-state index in [1.165, 1.54) is 12.8 Å². The van der Waals surface area contributed by atoms with Crippen LogP contribution < -0.4 is 11.1 Å². The molecule has 0 radical (unpaired) electrons. The molecule has 1 amide bonds. The number of nitrogens with two attached hydrogens (primary N) is 1. The fourth-order valence-electron chi connectivity index (χ4n) is 2.97. The van der Waals surface area contributed by atoms with E-state index in [4.69, 9.17) is 18.0 Å². The predicted octanol–water partition coefficient (Wildman–Crippen LogP) is 2.28. The SMILES string of the molecule is CC1(NC(=O)C2(C(N)=S)CCCCC2)CCC1. The number of amides is 1. The lowest BCUT2D eigenvalue weighted by atomic mass is 9.71. The van der Waals surface area contributed by atoms with Crippen molar-refractivity contribution in [2.75, 3.05) is 0 Å². The minimum absolute atomic E-state index is 0.00763. The second kappa shape index (κ2) is 4.56. The van der Waals surface area contributed by atoms with E-state index in [2.05, 4.69) is 12.2 Å². The summed E-state index contributed by atoms with van der Waals surface area (Å²) >= 11 is 5.16. The monoisotopic (exact) mass is 254 g/mol. The molecule has 0 aromatic carbocycles. The van der Waals surface area contributed by atoms with Gasteiger partial charge in [-0.2, -0.15) is 0 Å². The summed E-state index contributed by atoms with van der Waals surface area (Å²) in [5.41, 5.74) is 5.28. The van der Waals surface area contributed by atoms with Gasteiger partial charge in [0.2, 0.25) is 5.91 Å². The van der Waals surface area contributed by atoms with E-state index in [1.54, 1.807) is 0 Å². The molecule has 0 atom stereocenters. The summed E-state index contributed by atoms with van der Waals surface area (Å²) in [6, 6.07) is 0. The zero-order valence-corrected chi connectivity index (χ0v) is 11.4. The predicted molar refractivity (Wildman–Crippen MR) is 72.7 cm³/mol. The third kappa shape index (κ3) is 2.32. The van der Waals surface area contributed by atoms with Crippen LogP contribution in [0, 0.1) is 5.41 Å². The lowest BCUT2D eigenvalue weighted by Gasteiger charge is -2.43. The Morgan fingerprint density at radius 3 is 2.12 bits per heavy atom. The maximum Gasteiger partial charge on any atom is 0.233 e. The van der Waals surface area contributed by atoms with Crippen LogP contribution in [0.15, 0.2) is 0 Å². The van der Waals surface area contributed by atoms with Gasteiger partial charge < -0.3 is 11.1 Å². The molecule has 0 aromatic rings. The Hall–Kier alpha value is -0.640. The molecule has 3 nitrogen and oxygen atoms in total. The molecule has 0 saturated heterocycles. The molecule has 17 heavy (non-hydrogen) atoms. The highest BCUT2D eigenvalue weighted by Gasteiger charge is 2.45. The number of hydrogen-bond donors (Lipinski definition) is 2. The van der Waals surface area contributed by atoms with Gasteiger partial charge in [0.25, 0.3) is 0 Å². The van der Waals surface area contributed by atoms with Crippen LogP contribution in [0.5, 0.6) is 0 Å². The largest absolute Gasteiger partial charge is 0.392 e. The number of carbonyl (C=O) groups is 1. The van der Waals surface area contributed by atoms with E-state index in [0.717, 1.165) is 38.5 Å². The summed E-state index contributed by atoms with van der Waals surface area (Å²) < 4.78 is 0. The Morgan fingerprint density at radius 2 is 1.71 bits per heavy atom. The minimum Gasteiger partial charge on any atom is -0.392 e. The Kier molecular flexibility index (Phi) is 3.43. The fraction of sp³-hybridized carbons (Fsp3) is 0.846. The third-order valence-electron chi connectivity index (χ3n) is 4.49. The topological polar surface area (TPSA) is 55.1 Å². The Bertz CT molecular complexity index is 330. The van der Waals surface area contributed by atoms with Crippen LogP contribution in [0.25, 0.3) is 0 Å². The Labute approximate surface area is 109 Å². The van der Waals surface area contributed by atoms with Crippen LogP contribution >= 0.6 is 12.2 Å². The molecule has 0 aromatic heterocycles. The van der Waals surface area contributed by atoms with E-state index in [1.807, 2.05) is 0 Å². The molecular formula is C13H22N2OS. The van der Waals surface area contributed by atoms with E-state index >= 15 is 0 Å². The van der Waals surface area contributed by atoms with Gasteiger partial charge in [0.15, 0.2) is 0 Å². The lowest BCUT2D eigenvalue weighted by Crippen LogP contribution is -2.58. The second-order valence-corrected chi connectivity index (χ2v) is 6.32. The highest BCUT2D eigenvalue weighted by atomic mass is 32.1. The molecule has 0 unspecified atom stereocenters. The molecule has 0 bridgehead atoms. The summed E-state index contributed by atoms with van der Waals surface area (Å²) in [5.74, 6) is 0.0758. The Balaban J connectivity index is 2.10. The number of rotatable bonds is 3. The van der Waals surface area contributed by atoms with Gasteiger partial charge in [-0.05, 0) is 39.0 Å². The van der Waals surface area contributed by atoms with Crippen molar-refractivity contribution in [1.82, 2.24) is 5.32 Å². The molecule has 2 fully saturated rings. The molecule has 4 heteroatoms. The van der Waals surface area contributed by atoms with Crippen molar-refractivity contribution in [3.63, 3.8) is 0 Å². The summed E-state index contributed by atoms with van der Waals surface area (Å²) in [7, 11) is 0. The van der Waals surface area contributed by atoms with Gasteiger partial charge >= 0.3 is 0 Å². The average molecular weight is 254 g/mol. The van der Waals surface area contributed by atoms with Crippen molar-refractivity contribution >= 4 is 23.1 Å². The zero-order chi connectivity index (χ0) is 12.5. The van der Waals surface area contributed by atoms with Crippen molar-refractivity contribution in [2.45, 2.75) is 63.8 Å². The normalized spacial score (nSPS) is 25.7. The first kappa shape index (κ1) is 12.8. The first-order chi connectivity index (χ1) is 7.99. The molecule has 2 aliphatic rings. The number of carbonyl (C=O) groups excluding carboxylic acids is 1. The molecule has 0 heterocycles. The summed E-state index contributed by atoms with van der Waals surface area (Å²) in [6.45, 7) is 2.12. The molecule has 0 aliphatic heterocycles. The van der Waals surface area contributed by atoms with E-state index in [9.17, 15) is 4.79 Å². The van der Waals surface area contributed by atoms with Gasteiger partial charge in [0.05, 0.1) is 10.4 Å². The van der Waals surface area contributed by atoms with E-state index in [-0.39, 0.29) is 11.4 Å². The van der Waals surface area contributed by atoms with Gasteiger partial charge in [-0.15, -0.1) is 0 Å². The highest BCUT2D eigenvalue weighted by molar-refractivity contribution is 7.80. The van der Waals surface area contributed by atoms with Crippen molar-refractivity contribution in [1.29, 1.82) is 0 Å². The van der Waals surface area contributed by atoms with Gasteiger partial charge in [-0.3, -0.25) is 4.79 Å². The molecule has 2 aliphatic carbocycles. The van der Waals surface area contributed by atoms with Gasteiger partial charge in [-0.1, -0.05) is 31.5 Å². The fourth-order valence-corrected chi connectivity index (χ4v) is 3.26. The molecular weight excluding hydrogens is 232 g/mol. The van der Waals surface area contributed by atoms with Crippen LogP contribution in [-0.2, 0) is 4.79 Å². The second-order valence-electron chi connectivity index (χ2n) is 5.88. The van der Waals surface area contributed by atoms with Crippen molar-refractivity contribution < 1.29 is 4.79 Å². The van der Waals surface area contributed by atoms with Crippen LogP contribution in [0.3, 0.4) is 0 Å². The standard InChI is InChI=1S/C13H22N2OS/c1-12(6-5-7-12)15-11(16)13(10(14)17)8-3-2-4-9-13/h2-9H2,1H3,(H2,14,17)(H,15,16). The molecule has 0 spiro atoms. The van der Waals surface area contributed by atoms with Gasteiger partial charge in [0, 0.05) is 5.54 Å². The number of hydrogen-bond acceptors (Lipinski definition) is 2. The summed E-state index contributed by atoms with van der Waals surface area (Å²) in [6.07, 6.45) is 8.31. The third-order valence-corrected chi connectivity index (χ3v) is 4.88. The Morgan fingerprint density at radius 1 is 1.12 bits per heavy atom. The molecule has 3 N–H and O–H groups in total. The van der Waals surface area contributed by atoms with E-state index in [0.29, 0.717) is 4.99 Å². The van der Waals surface area contributed by atoms with Crippen LogP contribution in [-0.4, -0.2) is 16.4 Å². The van der Waals surface area contributed by atoms with Crippen molar-refractivity contribution in [2.24, 2.45) is 11.1 Å². The van der Waals surface area contributed by atoms with Crippen molar-refractivity contribution in [3.8, 4) is 0 Å². The molecule has 2 saturated carbocycles. The van der Waals surface area contributed by atoms with Crippen LogP contribution in [0.1, 0.15) is 58.3 Å². The maximum absolute atomic E-state index is 12.5. The number of thiocarbonyl (C=S) groups is 1. The first-order valence-corrected chi connectivity index (χ1v) is 7.02. The highest BCUT2D eigenvalue weighted by Crippen LogP contribution is 2.39. The molecule has 96 valence electrons. The smallest absolute Gasteiger partial charge is 0.233 e. The van der Waals surface area contributed by atoms with Crippen LogP contribution in [0.4, 0.5) is 0 Å². The van der Waals surface area contributed by atoms with Crippen molar-refractivity contribution in [3.05, 3.63) is 0 Å². The lowest BCUT2D eigenvalue weighted by molar-refractivity contribution is -0.131. The minimum atomic E-state index is -0.563. The summed E-state index contributed by atoms with van der Waals surface area (Å²) in [5, 5.41) is 3.18. The van der Waals surface area contributed by atoms with Gasteiger partial charge in [0.1, 0.15) is 0 Å². The van der Waals surface area contributed by atoms with E-state index < -0.39 is 5.41 Å². The number of nitrogens with one attached hydrogen (secondary N) is 1. The summed E-state index contributed by atoms with van der Waals surface area (Å²) in [4.78, 5) is 12.9.